The first kappa shape index (κ1) is 29.6. The van der Waals surface area contributed by atoms with E-state index in [4.69, 9.17) is 0 Å². The van der Waals surface area contributed by atoms with Gasteiger partial charge in [0.25, 0.3) is 0 Å². The first-order chi connectivity index (χ1) is 13.6. The largest absolute Gasteiger partial charge is 0.0683 e. The average Bonchev–Trinajstić information content (AvgIpc) is 2.72. The van der Waals surface area contributed by atoms with Gasteiger partial charge in [-0.1, -0.05) is 119 Å². The van der Waals surface area contributed by atoms with E-state index in [9.17, 15) is 0 Å². The third kappa shape index (κ3) is 8.00. The van der Waals surface area contributed by atoms with Crippen LogP contribution >= 0.6 is 0 Å². The van der Waals surface area contributed by atoms with Crippen molar-refractivity contribution in [1.82, 2.24) is 0 Å². The summed E-state index contributed by atoms with van der Waals surface area (Å²) in [5.41, 5.74) is 8.56. The molecule has 0 radical (unpaired) electrons. The van der Waals surface area contributed by atoms with Crippen LogP contribution in [0.1, 0.15) is 128 Å². The van der Waals surface area contributed by atoms with E-state index in [2.05, 4.69) is 91.8 Å². The van der Waals surface area contributed by atoms with Gasteiger partial charge in [-0.05, 0) is 59.1 Å². The Morgan fingerprint density at radius 3 is 1.07 bits per heavy atom. The predicted molar refractivity (Wildman–Crippen MR) is 137 cm³/mol. The van der Waals surface area contributed by atoms with Gasteiger partial charge in [0, 0.05) is 5.41 Å². The van der Waals surface area contributed by atoms with Gasteiger partial charge in [-0.3, -0.25) is 0 Å². The summed E-state index contributed by atoms with van der Waals surface area (Å²) in [6.45, 7) is 30.2. The normalized spacial score (nSPS) is 10.3. The molecule has 0 atom stereocenters. The SMILES string of the molecule is CC.CC.CC.Cc1ccc(C(C)(C)c2ccc(C)c(C(C)C)c2)cc1C(C)C. The van der Waals surface area contributed by atoms with Crippen LogP contribution in [-0.4, -0.2) is 0 Å². The van der Waals surface area contributed by atoms with Crippen LogP contribution in [0.2, 0.25) is 0 Å². The maximum absolute atomic E-state index is 2.41. The first-order valence-corrected chi connectivity index (χ1v) is 11.9. The Morgan fingerprint density at radius 1 is 0.552 bits per heavy atom. The summed E-state index contributed by atoms with van der Waals surface area (Å²) in [6, 6.07) is 14.0. The maximum Gasteiger partial charge on any atom is 0.0146 e. The van der Waals surface area contributed by atoms with Crippen LogP contribution in [-0.2, 0) is 5.41 Å². The van der Waals surface area contributed by atoms with Crippen LogP contribution < -0.4 is 0 Å². The van der Waals surface area contributed by atoms with Crippen molar-refractivity contribution in [3.8, 4) is 0 Å². The zero-order chi connectivity index (χ0) is 23.4. The number of benzene rings is 2. The molecule has 29 heavy (non-hydrogen) atoms. The highest BCUT2D eigenvalue weighted by Crippen LogP contribution is 2.35. The Balaban J connectivity index is 0. The van der Waals surface area contributed by atoms with Crippen molar-refractivity contribution in [3.63, 3.8) is 0 Å². The quantitative estimate of drug-likeness (QED) is 0.480. The summed E-state index contributed by atoms with van der Waals surface area (Å²) in [5.74, 6) is 1.13. The average molecular weight is 399 g/mol. The fourth-order valence-corrected chi connectivity index (χ4v) is 3.47. The van der Waals surface area contributed by atoms with E-state index < -0.39 is 0 Å². The van der Waals surface area contributed by atoms with Crippen LogP contribution in [0, 0.1) is 13.8 Å². The molecule has 2 aromatic carbocycles. The second-order valence-electron chi connectivity index (χ2n) is 8.08. The molecule has 0 spiro atoms. The summed E-state index contributed by atoms with van der Waals surface area (Å²) in [6.07, 6.45) is 0. The topological polar surface area (TPSA) is 0 Å². The van der Waals surface area contributed by atoms with Gasteiger partial charge >= 0.3 is 0 Å². The van der Waals surface area contributed by atoms with Crippen LogP contribution in [0.4, 0.5) is 0 Å². The van der Waals surface area contributed by atoms with Crippen molar-refractivity contribution in [2.45, 2.75) is 114 Å². The lowest BCUT2D eigenvalue weighted by Crippen LogP contribution is -2.20. The van der Waals surface area contributed by atoms with Crippen molar-refractivity contribution >= 4 is 0 Å². The zero-order valence-corrected chi connectivity index (χ0v) is 22.1. The summed E-state index contributed by atoms with van der Waals surface area (Å²) < 4.78 is 0. The standard InChI is InChI=1S/C23H32.3C2H6/c1-15(2)21-13-19(11-9-17(21)5)23(7,8)20-12-10-18(6)22(14-20)16(3)4;3*1-2/h9-16H,1-8H3;3*1-2H3. The third-order valence-electron chi connectivity index (χ3n) is 5.25. The Labute approximate surface area is 184 Å². The summed E-state index contributed by atoms with van der Waals surface area (Å²) in [4.78, 5) is 0. The second kappa shape index (κ2) is 14.4. The lowest BCUT2D eigenvalue weighted by Gasteiger charge is -2.29. The van der Waals surface area contributed by atoms with Gasteiger partial charge in [0.2, 0.25) is 0 Å². The highest BCUT2D eigenvalue weighted by molar-refractivity contribution is 5.45. The molecule has 0 fully saturated rings. The Hall–Kier alpha value is -1.56. The number of rotatable bonds is 4. The Morgan fingerprint density at radius 2 is 0.828 bits per heavy atom. The molecule has 0 saturated carbocycles. The molecule has 0 saturated heterocycles. The molecule has 0 aliphatic carbocycles. The van der Waals surface area contributed by atoms with Gasteiger partial charge in [-0.15, -0.1) is 0 Å². The van der Waals surface area contributed by atoms with Gasteiger partial charge in [0.1, 0.15) is 0 Å². The Bertz CT molecular complexity index is 628. The summed E-state index contributed by atoms with van der Waals surface area (Å²) >= 11 is 0. The number of hydrogen-bond acceptors (Lipinski definition) is 0. The van der Waals surface area contributed by atoms with Gasteiger partial charge in [0.05, 0.1) is 0 Å². The maximum atomic E-state index is 2.41. The van der Waals surface area contributed by atoms with Crippen LogP contribution in [0.5, 0.6) is 0 Å². The highest BCUT2D eigenvalue weighted by Gasteiger charge is 2.25. The highest BCUT2D eigenvalue weighted by atomic mass is 14.3. The number of hydrogen-bond donors (Lipinski definition) is 0. The van der Waals surface area contributed by atoms with Crippen molar-refractivity contribution in [1.29, 1.82) is 0 Å². The molecule has 0 aliphatic rings. The lowest BCUT2D eigenvalue weighted by atomic mass is 9.75. The molecule has 0 heteroatoms. The zero-order valence-electron chi connectivity index (χ0n) is 22.1. The monoisotopic (exact) mass is 398 g/mol. The molecule has 0 unspecified atom stereocenters. The van der Waals surface area contributed by atoms with Crippen LogP contribution in [0.25, 0.3) is 0 Å². The minimum atomic E-state index is 0.0225. The van der Waals surface area contributed by atoms with E-state index in [0.29, 0.717) is 11.8 Å². The molecule has 0 amide bonds. The van der Waals surface area contributed by atoms with E-state index in [1.165, 1.54) is 33.4 Å². The molecule has 0 heterocycles. The molecule has 0 nitrogen and oxygen atoms in total. The van der Waals surface area contributed by atoms with Crippen molar-refractivity contribution in [2.24, 2.45) is 0 Å². The van der Waals surface area contributed by atoms with Gasteiger partial charge in [-0.2, -0.15) is 0 Å². The fourth-order valence-electron chi connectivity index (χ4n) is 3.47. The molecule has 0 aromatic heterocycles. The summed E-state index contributed by atoms with van der Waals surface area (Å²) in [7, 11) is 0. The molecule has 0 aliphatic heterocycles. The van der Waals surface area contributed by atoms with Crippen molar-refractivity contribution < 1.29 is 0 Å². The molecular weight excluding hydrogens is 348 g/mol. The van der Waals surface area contributed by atoms with E-state index in [-0.39, 0.29) is 5.41 Å². The predicted octanol–water partition coefficient (Wildman–Crippen LogP) is 9.95. The van der Waals surface area contributed by atoms with Crippen molar-refractivity contribution in [2.75, 3.05) is 0 Å². The lowest BCUT2D eigenvalue weighted by molar-refractivity contribution is 0.635. The minimum Gasteiger partial charge on any atom is -0.0683 e. The summed E-state index contributed by atoms with van der Waals surface area (Å²) in [5, 5.41) is 0. The molecule has 0 bridgehead atoms. The molecule has 2 aromatic rings. The van der Waals surface area contributed by atoms with Gasteiger partial charge < -0.3 is 0 Å². The van der Waals surface area contributed by atoms with Gasteiger partial charge in [0.15, 0.2) is 0 Å². The van der Waals surface area contributed by atoms with Crippen LogP contribution in [0.3, 0.4) is 0 Å². The minimum absolute atomic E-state index is 0.0225. The number of aryl methyl sites for hydroxylation is 2. The van der Waals surface area contributed by atoms with Crippen molar-refractivity contribution in [3.05, 3.63) is 69.8 Å². The van der Waals surface area contributed by atoms with Gasteiger partial charge in [-0.25, -0.2) is 0 Å². The smallest absolute Gasteiger partial charge is 0.0146 e. The Kier molecular flexibility index (Phi) is 14.7. The van der Waals surface area contributed by atoms with E-state index in [0.717, 1.165) is 0 Å². The van der Waals surface area contributed by atoms with E-state index in [1.807, 2.05) is 41.5 Å². The molecule has 166 valence electrons. The van der Waals surface area contributed by atoms with E-state index >= 15 is 0 Å². The van der Waals surface area contributed by atoms with Crippen LogP contribution in [0.15, 0.2) is 36.4 Å². The first-order valence-electron chi connectivity index (χ1n) is 11.9. The molecule has 2 rings (SSSR count). The third-order valence-corrected chi connectivity index (χ3v) is 5.25. The molecular formula is C29H50. The second-order valence-corrected chi connectivity index (χ2v) is 8.08. The fraction of sp³-hybridized carbons (Fsp3) is 0.586. The van der Waals surface area contributed by atoms with E-state index in [1.54, 1.807) is 0 Å². The molecule has 0 N–H and O–H groups in total.